The molecule has 0 bridgehead atoms. The van der Waals surface area contributed by atoms with Crippen LogP contribution >= 0.6 is 12.2 Å². The Hall–Kier alpha value is -0.0500. The molecule has 36 valence electrons. The molecule has 3 heteroatoms. The van der Waals surface area contributed by atoms with E-state index in [1.54, 1.807) is 0 Å². The Kier molecular flexibility index (Phi) is 3.13. The summed E-state index contributed by atoms with van der Waals surface area (Å²) in [6.45, 7) is -1.63. The van der Waals surface area contributed by atoms with Crippen LogP contribution < -0.4 is 0 Å². The second kappa shape index (κ2) is 3.15. The minimum absolute atomic E-state index is 0.157. The van der Waals surface area contributed by atoms with Crippen molar-refractivity contribution in [3.05, 3.63) is 0 Å². The summed E-state index contributed by atoms with van der Waals surface area (Å²) in [5.41, 5.74) is 0. The molecule has 0 fully saturated rings. The van der Waals surface area contributed by atoms with Crippen molar-refractivity contribution in [2.75, 3.05) is 13.3 Å². The molecular formula is C3H4F2S. The molecule has 0 aromatic carbocycles. The lowest BCUT2D eigenvalue weighted by atomic mass is 10.5. The first-order chi connectivity index (χ1) is 2.81. The van der Waals surface area contributed by atoms with Gasteiger partial charge in [-0.2, -0.15) is 0 Å². The molecule has 0 aliphatic heterocycles. The number of rotatable bonds is 2. The summed E-state index contributed by atoms with van der Waals surface area (Å²) in [6.07, 6.45) is 0. The average Bonchev–Trinajstić information content (AvgIpc) is 1.65. The van der Waals surface area contributed by atoms with Crippen molar-refractivity contribution in [3.63, 3.8) is 0 Å². The Balaban J connectivity index is 2.99. The van der Waals surface area contributed by atoms with Crippen molar-refractivity contribution in [1.29, 1.82) is 0 Å². The molecule has 0 unspecified atom stereocenters. The van der Waals surface area contributed by atoms with Gasteiger partial charge in [-0.3, -0.25) is 0 Å². The second-order valence-corrected chi connectivity index (χ2v) is 1.38. The smallest absolute Gasteiger partial charge is 0.123 e. The topological polar surface area (TPSA) is 0 Å². The van der Waals surface area contributed by atoms with Crippen LogP contribution in [-0.4, -0.2) is 18.2 Å². The Morgan fingerprint density at radius 1 is 1.33 bits per heavy atom. The third-order valence-corrected chi connectivity index (χ3v) is 0.516. The normalized spacial score (nSPS) is 8.33. The molecule has 0 rings (SSSR count). The first-order valence-electron chi connectivity index (χ1n) is 1.45. The van der Waals surface area contributed by atoms with Crippen LogP contribution in [0.3, 0.4) is 0 Å². The van der Waals surface area contributed by atoms with Crippen LogP contribution in [0.2, 0.25) is 0 Å². The lowest BCUT2D eigenvalue weighted by Gasteiger charge is -1.80. The van der Waals surface area contributed by atoms with E-state index in [0.717, 1.165) is 0 Å². The standard InChI is InChI=1S/C3H4F2S/c4-1-3(6)2-5/h1-2H2. The quantitative estimate of drug-likeness (QED) is 0.483. The molecule has 0 saturated heterocycles. The van der Waals surface area contributed by atoms with Gasteiger partial charge in [-0.15, -0.1) is 0 Å². The highest BCUT2D eigenvalue weighted by molar-refractivity contribution is 7.80. The number of thiocarbonyl (C=S) groups is 1. The van der Waals surface area contributed by atoms with Crippen molar-refractivity contribution in [3.8, 4) is 0 Å². The van der Waals surface area contributed by atoms with Gasteiger partial charge in [-0.25, -0.2) is 8.78 Å². The number of alkyl halides is 2. The van der Waals surface area contributed by atoms with Gasteiger partial charge < -0.3 is 0 Å². The van der Waals surface area contributed by atoms with Gasteiger partial charge in [-0.1, -0.05) is 12.2 Å². The van der Waals surface area contributed by atoms with Gasteiger partial charge in [0, 0.05) is 0 Å². The highest BCUT2D eigenvalue weighted by Crippen LogP contribution is 1.78. The maximum atomic E-state index is 11.0. The van der Waals surface area contributed by atoms with Gasteiger partial charge >= 0.3 is 0 Å². The monoisotopic (exact) mass is 110 g/mol. The van der Waals surface area contributed by atoms with E-state index in [-0.39, 0.29) is 4.86 Å². The molecule has 0 aromatic rings. The van der Waals surface area contributed by atoms with E-state index in [2.05, 4.69) is 12.2 Å². The predicted octanol–water partition coefficient (Wildman–Crippen LogP) is 1.30. The van der Waals surface area contributed by atoms with Crippen LogP contribution in [0.25, 0.3) is 0 Å². The second-order valence-electron chi connectivity index (χ2n) is 0.806. The van der Waals surface area contributed by atoms with Crippen molar-refractivity contribution in [2.45, 2.75) is 0 Å². The maximum Gasteiger partial charge on any atom is 0.123 e. The molecule has 0 radical (unpaired) electrons. The van der Waals surface area contributed by atoms with Crippen LogP contribution in [0.15, 0.2) is 0 Å². The largest absolute Gasteiger partial charge is 0.245 e. The van der Waals surface area contributed by atoms with Crippen LogP contribution in [-0.2, 0) is 0 Å². The van der Waals surface area contributed by atoms with E-state index in [1.165, 1.54) is 0 Å². The Morgan fingerprint density at radius 3 is 1.67 bits per heavy atom. The minimum Gasteiger partial charge on any atom is -0.245 e. The minimum atomic E-state index is -0.814. The summed E-state index contributed by atoms with van der Waals surface area (Å²) < 4.78 is 22.0. The SMILES string of the molecule is FCC(=S)CF. The number of hydrogen-bond acceptors (Lipinski definition) is 1. The molecule has 0 nitrogen and oxygen atoms in total. The van der Waals surface area contributed by atoms with Crippen LogP contribution in [0.1, 0.15) is 0 Å². The molecule has 0 aromatic heterocycles. The highest BCUT2D eigenvalue weighted by Gasteiger charge is 1.88. The summed E-state index contributed by atoms with van der Waals surface area (Å²) in [5.74, 6) is 0. The highest BCUT2D eigenvalue weighted by atomic mass is 32.1. The Labute approximate surface area is 40.2 Å². The molecule has 6 heavy (non-hydrogen) atoms. The molecule has 0 heterocycles. The van der Waals surface area contributed by atoms with Gasteiger partial charge in [-0.05, 0) is 0 Å². The molecule has 0 aliphatic rings. The van der Waals surface area contributed by atoms with Crippen molar-refractivity contribution < 1.29 is 8.78 Å². The predicted molar refractivity (Wildman–Crippen MR) is 24.5 cm³/mol. The summed E-state index contributed by atoms with van der Waals surface area (Å²) in [4.78, 5) is -0.157. The van der Waals surface area contributed by atoms with E-state index in [9.17, 15) is 8.78 Å². The van der Waals surface area contributed by atoms with Crippen LogP contribution in [0.5, 0.6) is 0 Å². The zero-order valence-corrected chi connectivity index (χ0v) is 3.89. The van der Waals surface area contributed by atoms with Gasteiger partial charge in [0.15, 0.2) is 0 Å². The fourth-order valence-electron chi connectivity index (χ4n) is 0.0357. The fourth-order valence-corrected chi connectivity index (χ4v) is 0.0357. The summed E-state index contributed by atoms with van der Waals surface area (Å²) in [6, 6.07) is 0. The maximum absolute atomic E-state index is 11.0. The zero-order chi connectivity index (χ0) is 4.99. The van der Waals surface area contributed by atoms with Crippen LogP contribution in [0.4, 0.5) is 8.78 Å². The summed E-state index contributed by atoms with van der Waals surface area (Å²) in [5, 5.41) is 0. The Bertz CT molecular complexity index is 46.8. The molecular weight excluding hydrogens is 106 g/mol. The van der Waals surface area contributed by atoms with E-state index in [1.807, 2.05) is 0 Å². The molecule has 0 N–H and O–H groups in total. The summed E-state index contributed by atoms with van der Waals surface area (Å²) in [7, 11) is 0. The zero-order valence-electron chi connectivity index (χ0n) is 3.08. The third kappa shape index (κ3) is 2.20. The first-order valence-corrected chi connectivity index (χ1v) is 1.85. The van der Waals surface area contributed by atoms with Crippen molar-refractivity contribution in [2.24, 2.45) is 0 Å². The molecule has 0 saturated carbocycles. The fraction of sp³-hybridized carbons (Fsp3) is 0.667. The van der Waals surface area contributed by atoms with Crippen molar-refractivity contribution >= 4 is 17.1 Å². The lowest BCUT2D eigenvalue weighted by molar-refractivity contribution is 0.540. The Morgan fingerprint density at radius 2 is 1.67 bits per heavy atom. The van der Waals surface area contributed by atoms with Gasteiger partial charge in [0.1, 0.15) is 13.3 Å². The lowest BCUT2D eigenvalue weighted by Crippen LogP contribution is -1.96. The van der Waals surface area contributed by atoms with E-state index >= 15 is 0 Å². The van der Waals surface area contributed by atoms with E-state index in [0.29, 0.717) is 0 Å². The van der Waals surface area contributed by atoms with Gasteiger partial charge in [0.25, 0.3) is 0 Å². The van der Waals surface area contributed by atoms with E-state index < -0.39 is 13.3 Å². The number of halogens is 2. The molecule has 0 amide bonds. The third-order valence-electron chi connectivity index (χ3n) is 0.298. The molecule has 0 spiro atoms. The molecule has 0 atom stereocenters. The van der Waals surface area contributed by atoms with Crippen LogP contribution in [0, 0.1) is 0 Å². The first kappa shape index (κ1) is 5.95. The molecule has 0 aliphatic carbocycles. The van der Waals surface area contributed by atoms with E-state index in [4.69, 9.17) is 0 Å². The van der Waals surface area contributed by atoms with Gasteiger partial charge in [0.05, 0.1) is 4.86 Å². The number of hydrogen-bond donors (Lipinski definition) is 0. The van der Waals surface area contributed by atoms with Gasteiger partial charge in [0.2, 0.25) is 0 Å². The van der Waals surface area contributed by atoms with Crippen molar-refractivity contribution in [1.82, 2.24) is 0 Å². The average molecular weight is 110 g/mol. The summed E-state index contributed by atoms with van der Waals surface area (Å²) >= 11 is 4.11.